The zero-order valence-corrected chi connectivity index (χ0v) is 19.7. The Balaban J connectivity index is 1.48. The van der Waals surface area contributed by atoms with E-state index in [0.29, 0.717) is 11.4 Å². The van der Waals surface area contributed by atoms with E-state index in [4.69, 9.17) is 4.74 Å². The molecule has 3 atom stereocenters. The number of benzene rings is 1. The number of hydrogen-bond acceptors (Lipinski definition) is 5. The van der Waals surface area contributed by atoms with E-state index < -0.39 is 0 Å². The van der Waals surface area contributed by atoms with Gasteiger partial charge in [-0.3, -0.25) is 14.7 Å². The van der Waals surface area contributed by atoms with Crippen molar-refractivity contribution in [2.24, 2.45) is 0 Å². The first-order valence-corrected chi connectivity index (χ1v) is 11.4. The number of aromatic nitrogens is 2. The zero-order valence-electron chi connectivity index (χ0n) is 19.7. The minimum absolute atomic E-state index is 0.0650. The molecule has 1 fully saturated rings. The number of hydrogen-bond donors (Lipinski definition) is 3. The molecule has 33 heavy (non-hydrogen) atoms. The molecule has 1 aliphatic rings. The van der Waals surface area contributed by atoms with Crippen molar-refractivity contribution in [2.45, 2.75) is 64.0 Å². The first kappa shape index (κ1) is 24.3. The predicted octanol–water partition coefficient (Wildman–Crippen LogP) is 3.45. The maximum atomic E-state index is 12.4. The molecule has 0 bridgehead atoms. The predicted molar refractivity (Wildman–Crippen MR) is 125 cm³/mol. The van der Waals surface area contributed by atoms with E-state index in [1.807, 2.05) is 19.9 Å². The van der Waals surface area contributed by atoms with Gasteiger partial charge in [-0.2, -0.15) is 5.10 Å². The fourth-order valence-corrected chi connectivity index (χ4v) is 3.87. The van der Waals surface area contributed by atoms with Crippen molar-refractivity contribution in [2.75, 3.05) is 19.4 Å². The molecule has 0 saturated heterocycles. The summed E-state index contributed by atoms with van der Waals surface area (Å²) in [4.78, 5) is 37.9. The van der Waals surface area contributed by atoms with E-state index in [0.717, 1.165) is 36.9 Å². The van der Waals surface area contributed by atoms with Crippen LogP contribution in [0.5, 0.6) is 0 Å². The van der Waals surface area contributed by atoms with Crippen LogP contribution in [0.2, 0.25) is 0 Å². The summed E-state index contributed by atoms with van der Waals surface area (Å²) >= 11 is 0. The molecule has 2 aromatic rings. The Kier molecular flexibility index (Phi) is 8.08. The highest BCUT2D eigenvalue weighted by molar-refractivity contribution is 5.94. The highest BCUT2D eigenvalue weighted by Crippen LogP contribution is 2.34. The number of nitrogens with one attached hydrogen (secondary N) is 3. The molecule has 1 saturated carbocycles. The Labute approximate surface area is 194 Å². The van der Waals surface area contributed by atoms with E-state index >= 15 is 0 Å². The largest absolute Gasteiger partial charge is 0.447 e. The van der Waals surface area contributed by atoms with Gasteiger partial charge in [-0.15, -0.1) is 0 Å². The van der Waals surface area contributed by atoms with Crippen molar-refractivity contribution in [3.8, 4) is 0 Å². The Hall–Kier alpha value is -3.36. The van der Waals surface area contributed by atoms with Crippen LogP contribution in [-0.4, -0.2) is 59.2 Å². The van der Waals surface area contributed by atoms with Gasteiger partial charge in [0.25, 0.3) is 5.91 Å². The molecule has 0 radical (unpaired) electrons. The van der Waals surface area contributed by atoms with Crippen molar-refractivity contribution in [1.82, 2.24) is 20.4 Å². The Morgan fingerprint density at radius 1 is 1.21 bits per heavy atom. The fourth-order valence-electron chi connectivity index (χ4n) is 3.87. The summed E-state index contributed by atoms with van der Waals surface area (Å²) in [5.41, 5.74) is 2.34. The molecule has 0 spiro atoms. The molecule has 1 aliphatic carbocycles. The van der Waals surface area contributed by atoms with E-state index in [-0.39, 0.29) is 42.4 Å². The van der Waals surface area contributed by atoms with Gasteiger partial charge in [-0.25, -0.2) is 4.79 Å². The van der Waals surface area contributed by atoms with Gasteiger partial charge >= 0.3 is 6.09 Å². The Bertz CT molecular complexity index is 969. The van der Waals surface area contributed by atoms with Crippen molar-refractivity contribution in [1.29, 1.82) is 0 Å². The zero-order chi connectivity index (χ0) is 24.0. The first-order chi connectivity index (χ1) is 15.7. The number of carbonyl (C=O) groups is 3. The van der Waals surface area contributed by atoms with Gasteiger partial charge < -0.3 is 20.3 Å². The summed E-state index contributed by atoms with van der Waals surface area (Å²) in [6, 6.07) is 8.92. The Morgan fingerprint density at radius 3 is 2.61 bits per heavy atom. The third-order valence-corrected chi connectivity index (χ3v) is 5.91. The number of alkyl carbamates (subject to hydrolysis) is 1. The molecule has 178 valence electrons. The molecule has 9 nitrogen and oxygen atoms in total. The number of nitrogens with zero attached hydrogens (tertiary/aromatic N) is 2. The van der Waals surface area contributed by atoms with Crippen LogP contribution >= 0.6 is 0 Å². The SMILES string of the molecule is CCC(C)OC(=O)NC1CCC(c2cc(NC(=O)Cc3ccc(C(=O)N(C)C)cc3)n[nH]2)C1. The first-order valence-electron chi connectivity index (χ1n) is 11.4. The normalized spacial score (nSPS) is 18.4. The third kappa shape index (κ3) is 6.81. The highest BCUT2D eigenvalue weighted by atomic mass is 16.6. The minimum atomic E-state index is -0.369. The van der Waals surface area contributed by atoms with E-state index in [2.05, 4.69) is 20.8 Å². The van der Waals surface area contributed by atoms with Crippen molar-refractivity contribution in [3.05, 3.63) is 47.2 Å². The van der Waals surface area contributed by atoms with E-state index in [9.17, 15) is 14.4 Å². The maximum Gasteiger partial charge on any atom is 0.407 e. The van der Waals surface area contributed by atoms with E-state index in [1.165, 1.54) is 4.90 Å². The Morgan fingerprint density at radius 2 is 1.94 bits per heavy atom. The molecule has 3 rings (SSSR count). The second-order valence-electron chi connectivity index (χ2n) is 8.81. The number of rotatable bonds is 8. The quantitative estimate of drug-likeness (QED) is 0.564. The second-order valence-corrected chi connectivity index (χ2v) is 8.81. The van der Waals surface area contributed by atoms with Crippen molar-refractivity contribution >= 4 is 23.7 Å². The van der Waals surface area contributed by atoms with Gasteiger partial charge in [0.05, 0.1) is 6.42 Å². The number of carbonyl (C=O) groups excluding carboxylic acids is 3. The number of H-pyrrole nitrogens is 1. The number of ether oxygens (including phenoxy) is 1. The lowest BCUT2D eigenvalue weighted by atomic mass is 10.0. The lowest BCUT2D eigenvalue weighted by molar-refractivity contribution is -0.115. The van der Waals surface area contributed by atoms with Gasteiger partial charge in [-0.05, 0) is 50.3 Å². The van der Waals surface area contributed by atoms with E-state index in [1.54, 1.807) is 38.4 Å². The smallest absolute Gasteiger partial charge is 0.407 e. The molecular weight excluding hydrogens is 422 g/mol. The number of aromatic amines is 1. The van der Waals surface area contributed by atoms with Crippen LogP contribution in [0.1, 0.15) is 67.1 Å². The van der Waals surface area contributed by atoms with Crippen LogP contribution in [0.25, 0.3) is 0 Å². The average molecular weight is 456 g/mol. The topological polar surface area (TPSA) is 116 Å². The summed E-state index contributed by atoms with van der Waals surface area (Å²) in [5.74, 6) is 0.450. The molecule has 1 aromatic heterocycles. The van der Waals surface area contributed by atoms with Crippen LogP contribution in [0.4, 0.5) is 10.6 Å². The fraction of sp³-hybridized carbons (Fsp3) is 0.500. The number of anilines is 1. The van der Waals surface area contributed by atoms with Crippen LogP contribution in [-0.2, 0) is 16.0 Å². The molecule has 3 amide bonds. The van der Waals surface area contributed by atoms with Gasteiger partial charge in [-0.1, -0.05) is 19.1 Å². The average Bonchev–Trinajstić information content (AvgIpc) is 3.43. The molecule has 0 aliphatic heterocycles. The summed E-state index contributed by atoms with van der Waals surface area (Å²) in [6.45, 7) is 3.85. The lowest BCUT2D eigenvalue weighted by Crippen LogP contribution is -2.35. The molecule has 1 heterocycles. The molecule has 3 unspecified atom stereocenters. The summed E-state index contributed by atoms with van der Waals surface area (Å²) in [7, 11) is 3.40. The standard InChI is InChI=1S/C24H33N5O4/c1-5-15(2)33-24(32)25-19-11-10-18(13-19)20-14-21(28-27-20)26-22(30)12-16-6-8-17(9-7-16)23(31)29(3)4/h6-9,14-15,18-19H,5,10-13H2,1-4H3,(H,25,32)(H2,26,27,28,30). The highest BCUT2D eigenvalue weighted by Gasteiger charge is 2.29. The van der Waals surface area contributed by atoms with Gasteiger partial charge in [0.15, 0.2) is 5.82 Å². The third-order valence-electron chi connectivity index (χ3n) is 5.91. The number of amides is 3. The second kappa shape index (κ2) is 11.0. The minimum Gasteiger partial charge on any atom is -0.447 e. The van der Waals surface area contributed by atoms with Crippen LogP contribution in [0, 0.1) is 0 Å². The molecule has 3 N–H and O–H groups in total. The summed E-state index contributed by atoms with van der Waals surface area (Å²) in [6.07, 6.45) is 3.08. The van der Waals surface area contributed by atoms with Crippen LogP contribution < -0.4 is 10.6 Å². The van der Waals surface area contributed by atoms with Crippen molar-refractivity contribution < 1.29 is 19.1 Å². The molecule has 9 heteroatoms. The van der Waals surface area contributed by atoms with Gasteiger partial charge in [0.2, 0.25) is 5.91 Å². The van der Waals surface area contributed by atoms with Gasteiger partial charge in [0.1, 0.15) is 6.10 Å². The maximum absolute atomic E-state index is 12.4. The van der Waals surface area contributed by atoms with Crippen LogP contribution in [0.3, 0.4) is 0 Å². The monoisotopic (exact) mass is 455 g/mol. The summed E-state index contributed by atoms with van der Waals surface area (Å²) in [5, 5.41) is 13.0. The molecule has 1 aromatic carbocycles. The lowest BCUT2D eigenvalue weighted by Gasteiger charge is -2.16. The molecular formula is C24H33N5O4. The van der Waals surface area contributed by atoms with Gasteiger partial charge in [0, 0.05) is 43.4 Å². The van der Waals surface area contributed by atoms with Crippen molar-refractivity contribution in [3.63, 3.8) is 0 Å². The summed E-state index contributed by atoms with van der Waals surface area (Å²) < 4.78 is 5.29. The van der Waals surface area contributed by atoms with Crippen LogP contribution in [0.15, 0.2) is 30.3 Å².